The summed E-state index contributed by atoms with van der Waals surface area (Å²) in [7, 11) is 0. The average Bonchev–Trinajstić information content (AvgIpc) is 2.89. The summed E-state index contributed by atoms with van der Waals surface area (Å²) in [5.74, 6) is -0.0445. The summed E-state index contributed by atoms with van der Waals surface area (Å²) >= 11 is 0. The summed E-state index contributed by atoms with van der Waals surface area (Å²) < 4.78 is 5.47. The van der Waals surface area contributed by atoms with Gasteiger partial charge in [-0.15, -0.1) is 0 Å². The first-order chi connectivity index (χ1) is 8.65. The molecular formula is C12H11N3O3. The molecule has 2 heterocycles. The standard InChI is InChI=1S/C12H11N3O3/c13-7-2-1-3-8-12(7)14-9(18-8)6-15-10(16)4-5-11(15)17/h1-3H,4-6,13H2. The van der Waals surface area contributed by atoms with Crippen molar-refractivity contribution in [3.63, 3.8) is 0 Å². The number of fused-ring (bicyclic) bond motifs is 1. The zero-order valence-electron chi connectivity index (χ0n) is 9.55. The first-order valence-corrected chi connectivity index (χ1v) is 5.62. The number of aromatic nitrogens is 1. The molecule has 18 heavy (non-hydrogen) atoms. The smallest absolute Gasteiger partial charge is 0.230 e. The number of carbonyl (C=O) groups excluding carboxylic acids is 2. The van der Waals surface area contributed by atoms with Gasteiger partial charge in [-0.3, -0.25) is 14.5 Å². The number of rotatable bonds is 2. The quantitative estimate of drug-likeness (QED) is 0.631. The van der Waals surface area contributed by atoms with Crippen LogP contribution in [0, 0.1) is 0 Å². The van der Waals surface area contributed by atoms with E-state index in [-0.39, 0.29) is 31.2 Å². The second kappa shape index (κ2) is 3.83. The van der Waals surface area contributed by atoms with Crippen molar-refractivity contribution < 1.29 is 14.0 Å². The SMILES string of the molecule is Nc1cccc2oc(CN3C(=O)CCC3=O)nc12. The normalized spacial score (nSPS) is 15.9. The van der Waals surface area contributed by atoms with Crippen LogP contribution in [0.3, 0.4) is 0 Å². The number of para-hydroxylation sites is 1. The Kier molecular flexibility index (Phi) is 2.29. The lowest BCUT2D eigenvalue weighted by atomic mass is 10.3. The molecule has 0 bridgehead atoms. The monoisotopic (exact) mass is 245 g/mol. The summed E-state index contributed by atoms with van der Waals surface area (Å²) in [4.78, 5) is 28.3. The maximum Gasteiger partial charge on any atom is 0.230 e. The largest absolute Gasteiger partial charge is 0.439 e. The number of carbonyl (C=O) groups is 2. The van der Waals surface area contributed by atoms with E-state index in [0.29, 0.717) is 22.7 Å². The molecule has 0 radical (unpaired) electrons. The summed E-state index contributed by atoms with van der Waals surface area (Å²) in [6.07, 6.45) is 0.530. The Hall–Kier alpha value is -2.37. The van der Waals surface area contributed by atoms with Gasteiger partial charge in [0.25, 0.3) is 0 Å². The molecule has 1 aliphatic heterocycles. The lowest BCUT2D eigenvalue weighted by Gasteiger charge is -2.09. The number of likely N-dealkylation sites (tertiary alicyclic amines) is 1. The predicted molar refractivity (Wildman–Crippen MR) is 63.2 cm³/mol. The maximum absolute atomic E-state index is 11.5. The van der Waals surface area contributed by atoms with Crippen LogP contribution in [-0.2, 0) is 16.1 Å². The van der Waals surface area contributed by atoms with Crippen LogP contribution < -0.4 is 5.73 Å². The first-order valence-electron chi connectivity index (χ1n) is 5.62. The Labute approximate surface area is 102 Å². The molecule has 1 aliphatic rings. The minimum Gasteiger partial charge on any atom is -0.439 e. The van der Waals surface area contributed by atoms with Crippen LogP contribution in [0.1, 0.15) is 18.7 Å². The fourth-order valence-corrected chi connectivity index (χ4v) is 2.02. The highest BCUT2D eigenvalue weighted by atomic mass is 16.3. The molecule has 1 aromatic heterocycles. The van der Waals surface area contributed by atoms with Gasteiger partial charge in [0.2, 0.25) is 17.7 Å². The van der Waals surface area contributed by atoms with Gasteiger partial charge in [0.1, 0.15) is 12.1 Å². The van der Waals surface area contributed by atoms with Crippen LogP contribution in [0.4, 0.5) is 5.69 Å². The number of anilines is 1. The van der Waals surface area contributed by atoms with Crippen molar-refractivity contribution in [2.75, 3.05) is 5.73 Å². The lowest BCUT2D eigenvalue weighted by molar-refractivity contribution is -0.139. The van der Waals surface area contributed by atoms with Gasteiger partial charge >= 0.3 is 0 Å². The highest BCUT2D eigenvalue weighted by molar-refractivity contribution is 6.01. The van der Waals surface area contributed by atoms with E-state index in [2.05, 4.69) is 4.98 Å². The van der Waals surface area contributed by atoms with E-state index >= 15 is 0 Å². The van der Waals surface area contributed by atoms with Crippen molar-refractivity contribution in [2.45, 2.75) is 19.4 Å². The molecule has 2 N–H and O–H groups in total. The van der Waals surface area contributed by atoms with Crippen LogP contribution in [-0.4, -0.2) is 21.7 Å². The third-order valence-electron chi connectivity index (χ3n) is 2.94. The number of imide groups is 1. The summed E-state index contributed by atoms with van der Waals surface area (Å²) in [5, 5.41) is 0. The van der Waals surface area contributed by atoms with Gasteiger partial charge in [0.05, 0.1) is 5.69 Å². The lowest BCUT2D eigenvalue weighted by Crippen LogP contribution is -2.28. The maximum atomic E-state index is 11.5. The van der Waals surface area contributed by atoms with E-state index < -0.39 is 0 Å². The zero-order chi connectivity index (χ0) is 12.7. The van der Waals surface area contributed by atoms with Gasteiger partial charge in [0.15, 0.2) is 5.58 Å². The van der Waals surface area contributed by atoms with Crippen LogP contribution in [0.5, 0.6) is 0 Å². The number of amides is 2. The van der Waals surface area contributed by atoms with Crippen molar-refractivity contribution in [1.82, 2.24) is 9.88 Å². The number of hydrogen-bond acceptors (Lipinski definition) is 5. The topological polar surface area (TPSA) is 89.4 Å². The average molecular weight is 245 g/mol. The molecule has 2 aromatic rings. The van der Waals surface area contributed by atoms with E-state index in [1.54, 1.807) is 18.2 Å². The summed E-state index contributed by atoms with van der Waals surface area (Å²) in [5.41, 5.74) is 7.40. The second-order valence-corrected chi connectivity index (χ2v) is 4.18. The number of oxazole rings is 1. The minimum absolute atomic E-state index is 0.0752. The molecule has 1 aromatic carbocycles. The number of hydrogen-bond donors (Lipinski definition) is 1. The Balaban J connectivity index is 1.93. The molecule has 92 valence electrons. The van der Waals surface area contributed by atoms with Crippen molar-refractivity contribution in [1.29, 1.82) is 0 Å². The molecule has 0 atom stereocenters. The number of nitrogens with zero attached hydrogens (tertiary/aromatic N) is 2. The van der Waals surface area contributed by atoms with Crippen LogP contribution >= 0.6 is 0 Å². The summed E-state index contributed by atoms with van der Waals surface area (Å²) in [6, 6.07) is 5.23. The molecule has 0 spiro atoms. The highest BCUT2D eigenvalue weighted by Crippen LogP contribution is 2.23. The molecule has 6 heteroatoms. The van der Waals surface area contributed by atoms with Crippen molar-refractivity contribution in [3.8, 4) is 0 Å². The second-order valence-electron chi connectivity index (χ2n) is 4.18. The Morgan fingerprint density at radius 1 is 1.28 bits per heavy atom. The van der Waals surface area contributed by atoms with Crippen LogP contribution in [0.25, 0.3) is 11.1 Å². The van der Waals surface area contributed by atoms with Crippen molar-refractivity contribution in [3.05, 3.63) is 24.1 Å². The van der Waals surface area contributed by atoms with Gasteiger partial charge in [-0.25, -0.2) is 4.98 Å². The van der Waals surface area contributed by atoms with E-state index in [4.69, 9.17) is 10.2 Å². The molecule has 2 amide bonds. The molecule has 1 saturated heterocycles. The Bertz CT molecular complexity index is 631. The minimum atomic E-state index is -0.185. The predicted octanol–water partition coefficient (Wildman–Crippen LogP) is 1.06. The third-order valence-corrected chi connectivity index (χ3v) is 2.94. The van der Waals surface area contributed by atoms with Gasteiger partial charge in [0, 0.05) is 12.8 Å². The number of benzene rings is 1. The van der Waals surface area contributed by atoms with E-state index in [1.165, 1.54) is 4.90 Å². The van der Waals surface area contributed by atoms with E-state index in [0.717, 1.165) is 0 Å². The molecular weight excluding hydrogens is 234 g/mol. The summed E-state index contributed by atoms with van der Waals surface area (Å²) in [6.45, 7) is 0.0752. The van der Waals surface area contributed by atoms with E-state index in [9.17, 15) is 9.59 Å². The highest BCUT2D eigenvalue weighted by Gasteiger charge is 2.30. The Morgan fingerprint density at radius 2 is 2.00 bits per heavy atom. The molecule has 0 unspecified atom stereocenters. The fraction of sp³-hybridized carbons (Fsp3) is 0.250. The molecule has 3 rings (SSSR count). The van der Waals surface area contributed by atoms with Gasteiger partial charge < -0.3 is 10.2 Å². The van der Waals surface area contributed by atoms with Crippen LogP contribution in [0.2, 0.25) is 0 Å². The molecule has 1 fully saturated rings. The van der Waals surface area contributed by atoms with E-state index in [1.807, 2.05) is 0 Å². The molecule has 0 aliphatic carbocycles. The number of nitrogen functional groups attached to an aromatic ring is 1. The van der Waals surface area contributed by atoms with Gasteiger partial charge in [-0.05, 0) is 12.1 Å². The zero-order valence-corrected chi connectivity index (χ0v) is 9.55. The first kappa shape index (κ1) is 10.8. The van der Waals surface area contributed by atoms with Crippen molar-refractivity contribution in [2.24, 2.45) is 0 Å². The third kappa shape index (κ3) is 1.62. The van der Waals surface area contributed by atoms with Gasteiger partial charge in [-0.2, -0.15) is 0 Å². The Morgan fingerprint density at radius 3 is 2.67 bits per heavy atom. The van der Waals surface area contributed by atoms with Crippen LogP contribution in [0.15, 0.2) is 22.6 Å². The fourth-order valence-electron chi connectivity index (χ4n) is 2.02. The molecule has 0 saturated carbocycles. The number of nitrogens with two attached hydrogens (primary N) is 1. The molecule has 6 nitrogen and oxygen atoms in total. The van der Waals surface area contributed by atoms with Gasteiger partial charge in [-0.1, -0.05) is 6.07 Å². The van der Waals surface area contributed by atoms with Crippen molar-refractivity contribution >= 4 is 28.6 Å².